The summed E-state index contributed by atoms with van der Waals surface area (Å²) >= 11 is 1.99. The van der Waals surface area contributed by atoms with E-state index in [-0.39, 0.29) is 0 Å². The summed E-state index contributed by atoms with van der Waals surface area (Å²) in [5.74, 6) is 2.18. The number of nitrogens with zero attached hydrogens (tertiary/aromatic N) is 1. The lowest BCUT2D eigenvalue weighted by atomic mass is 9.90. The molecule has 30 heavy (non-hydrogen) atoms. The monoisotopic (exact) mass is 423 g/mol. The number of ether oxygens (including phenoxy) is 2. The van der Waals surface area contributed by atoms with Gasteiger partial charge in [-0.25, -0.2) is 0 Å². The molecule has 3 nitrogen and oxygen atoms in total. The first-order valence-corrected chi connectivity index (χ1v) is 12.2. The van der Waals surface area contributed by atoms with Crippen molar-refractivity contribution in [2.45, 2.75) is 49.9 Å². The molecule has 0 radical (unpaired) electrons. The van der Waals surface area contributed by atoms with Crippen molar-refractivity contribution in [2.75, 3.05) is 26.7 Å². The highest BCUT2D eigenvalue weighted by molar-refractivity contribution is 8.03. The molecule has 4 rings (SSSR count). The maximum absolute atomic E-state index is 6.08. The van der Waals surface area contributed by atoms with Gasteiger partial charge in [0.05, 0.1) is 7.11 Å². The fraction of sp³-hybridized carbons (Fsp3) is 0.462. The summed E-state index contributed by atoms with van der Waals surface area (Å²) in [5.41, 5.74) is 2.54. The van der Waals surface area contributed by atoms with E-state index in [1.54, 1.807) is 7.11 Å². The molecule has 0 amide bonds. The number of rotatable bonds is 9. The molecule has 2 aromatic carbocycles. The van der Waals surface area contributed by atoms with Crippen molar-refractivity contribution in [3.63, 3.8) is 0 Å². The van der Waals surface area contributed by atoms with E-state index in [1.165, 1.54) is 50.9 Å². The van der Waals surface area contributed by atoms with E-state index in [0.717, 1.165) is 23.5 Å². The lowest BCUT2D eigenvalue weighted by molar-refractivity contribution is 0.220. The molecular weight excluding hydrogens is 390 g/mol. The quantitative estimate of drug-likeness (QED) is 0.475. The second-order valence-corrected chi connectivity index (χ2v) is 9.41. The highest BCUT2D eigenvalue weighted by Gasteiger charge is 2.26. The number of hydrogen-bond donors (Lipinski definition) is 0. The van der Waals surface area contributed by atoms with Crippen molar-refractivity contribution in [3.8, 4) is 11.5 Å². The lowest BCUT2D eigenvalue weighted by Crippen LogP contribution is -2.32. The first-order valence-electron chi connectivity index (χ1n) is 11.2. The molecule has 2 atom stereocenters. The standard InChI is InChI=1S/C26H33NO2S/c1-28-25-19-22(12-13-24(25)29-20-21-9-4-2-5-10-21)23(26-11-8-18-30-26)14-17-27-15-6-3-7-16-27/h2,4-5,8-10,12-13,18-19,23,26H,3,6-7,11,14-17,20H2,1H3. The molecule has 2 aliphatic heterocycles. The minimum atomic E-state index is 0.531. The summed E-state index contributed by atoms with van der Waals surface area (Å²) in [6, 6.07) is 16.8. The SMILES string of the molecule is COc1cc(C(CCN2CCCCC2)C2CC=CS2)ccc1OCc1ccccc1. The summed E-state index contributed by atoms with van der Waals surface area (Å²) in [6.45, 7) is 4.27. The van der Waals surface area contributed by atoms with E-state index in [1.807, 2.05) is 30.0 Å². The Morgan fingerprint density at radius 2 is 1.87 bits per heavy atom. The van der Waals surface area contributed by atoms with E-state index in [0.29, 0.717) is 17.8 Å². The molecule has 1 fully saturated rings. The van der Waals surface area contributed by atoms with Crippen molar-refractivity contribution >= 4 is 11.8 Å². The highest BCUT2D eigenvalue weighted by Crippen LogP contribution is 2.41. The molecule has 0 aromatic heterocycles. The van der Waals surface area contributed by atoms with Crippen LogP contribution in [0.4, 0.5) is 0 Å². The van der Waals surface area contributed by atoms with Crippen LogP contribution in [0.2, 0.25) is 0 Å². The Kier molecular flexibility index (Phi) is 7.76. The number of benzene rings is 2. The Bertz CT molecular complexity index is 809. The van der Waals surface area contributed by atoms with Crippen LogP contribution in [0.15, 0.2) is 60.0 Å². The number of piperidine rings is 1. The van der Waals surface area contributed by atoms with E-state index in [9.17, 15) is 0 Å². The highest BCUT2D eigenvalue weighted by atomic mass is 32.2. The van der Waals surface area contributed by atoms with Crippen LogP contribution in [0, 0.1) is 0 Å². The Balaban J connectivity index is 1.46. The Labute approximate surface area is 185 Å². The maximum atomic E-state index is 6.08. The van der Waals surface area contributed by atoms with Crippen LogP contribution in [-0.4, -0.2) is 36.9 Å². The zero-order valence-corrected chi connectivity index (χ0v) is 18.8. The molecule has 0 aliphatic carbocycles. The zero-order valence-electron chi connectivity index (χ0n) is 18.0. The molecular formula is C26H33NO2S. The summed E-state index contributed by atoms with van der Waals surface area (Å²) in [7, 11) is 1.74. The lowest BCUT2D eigenvalue weighted by Gasteiger charge is -2.30. The number of thioether (sulfide) groups is 1. The van der Waals surface area contributed by atoms with Crippen LogP contribution in [0.25, 0.3) is 0 Å². The fourth-order valence-electron chi connectivity index (χ4n) is 4.50. The first kappa shape index (κ1) is 21.3. The molecule has 160 valence electrons. The number of allylic oxidation sites excluding steroid dienone is 1. The summed E-state index contributed by atoms with van der Waals surface area (Å²) in [4.78, 5) is 2.65. The maximum Gasteiger partial charge on any atom is 0.161 e. The van der Waals surface area contributed by atoms with Gasteiger partial charge in [-0.05, 0) is 79.9 Å². The van der Waals surface area contributed by atoms with Crippen LogP contribution in [0.1, 0.15) is 49.1 Å². The summed E-state index contributed by atoms with van der Waals surface area (Å²) in [5, 5.41) is 2.89. The normalized spacial score (nSPS) is 20.2. The molecule has 2 aromatic rings. The summed E-state index contributed by atoms with van der Waals surface area (Å²) in [6.07, 6.45) is 8.77. The van der Waals surface area contributed by atoms with E-state index >= 15 is 0 Å². The predicted molar refractivity (Wildman–Crippen MR) is 127 cm³/mol. The summed E-state index contributed by atoms with van der Waals surface area (Å²) < 4.78 is 11.8. The second kappa shape index (κ2) is 10.9. The first-order chi connectivity index (χ1) is 14.8. The molecule has 0 spiro atoms. The van der Waals surface area contributed by atoms with Gasteiger partial charge in [0.15, 0.2) is 11.5 Å². The molecule has 2 aliphatic rings. The average molecular weight is 424 g/mol. The third kappa shape index (κ3) is 5.61. The van der Waals surface area contributed by atoms with Crippen LogP contribution >= 0.6 is 11.8 Å². The molecule has 2 heterocycles. The van der Waals surface area contributed by atoms with Gasteiger partial charge in [0, 0.05) is 5.25 Å². The van der Waals surface area contributed by atoms with Crippen LogP contribution in [0.5, 0.6) is 11.5 Å². The molecule has 2 unspecified atom stereocenters. The van der Waals surface area contributed by atoms with Gasteiger partial charge in [-0.2, -0.15) is 0 Å². The van der Waals surface area contributed by atoms with E-state index in [4.69, 9.17) is 9.47 Å². The zero-order chi connectivity index (χ0) is 20.6. The van der Waals surface area contributed by atoms with Gasteiger partial charge in [0.1, 0.15) is 6.61 Å². The van der Waals surface area contributed by atoms with Gasteiger partial charge in [-0.1, -0.05) is 48.9 Å². The minimum Gasteiger partial charge on any atom is -0.493 e. The van der Waals surface area contributed by atoms with Crippen LogP contribution in [-0.2, 0) is 6.61 Å². The van der Waals surface area contributed by atoms with Crippen LogP contribution in [0.3, 0.4) is 0 Å². The van der Waals surface area contributed by atoms with E-state index in [2.05, 4.69) is 46.7 Å². The predicted octanol–water partition coefficient (Wildman–Crippen LogP) is 6.25. The van der Waals surface area contributed by atoms with Gasteiger partial charge < -0.3 is 14.4 Å². The Hall–Kier alpha value is -1.91. The third-order valence-corrected chi connectivity index (χ3v) is 7.44. The van der Waals surface area contributed by atoms with Gasteiger partial charge in [-0.3, -0.25) is 0 Å². The number of hydrogen-bond acceptors (Lipinski definition) is 4. The van der Waals surface area contributed by atoms with E-state index < -0.39 is 0 Å². The van der Waals surface area contributed by atoms with Crippen molar-refractivity contribution in [1.29, 1.82) is 0 Å². The van der Waals surface area contributed by atoms with Gasteiger partial charge >= 0.3 is 0 Å². The van der Waals surface area contributed by atoms with Gasteiger partial charge in [0.2, 0.25) is 0 Å². The van der Waals surface area contributed by atoms with Crippen molar-refractivity contribution in [3.05, 3.63) is 71.1 Å². The fourth-order valence-corrected chi connectivity index (χ4v) is 5.63. The Morgan fingerprint density at radius 3 is 2.60 bits per heavy atom. The average Bonchev–Trinajstić information content (AvgIpc) is 3.34. The number of likely N-dealkylation sites (tertiary alicyclic amines) is 1. The number of methoxy groups -OCH3 is 1. The molecule has 0 bridgehead atoms. The molecule has 0 N–H and O–H groups in total. The minimum absolute atomic E-state index is 0.531. The molecule has 1 saturated heterocycles. The topological polar surface area (TPSA) is 21.7 Å². The van der Waals surface area contributed by atoms with Crippen molar-refractivity contribution in [2.24, 2.45) is 0 Å². The third-order valence-electron chi connectivity index (χ3n) is 6.22. The smallest absolute Gasteiger partial charge is 0.161 e. The Morgan fingerprint density at radius 1 is 1.03 bits per heavy atom. The molecule has 0 saturated carbocycles. The largest absolute Gasteiger partial charge is 0.493 e. The van der Waals surface area contributed by atoms with Crippen molar-refractivity contribution in [1.82, 2.24) is 4.90 Å². The van der Waals surface area contributed by atoms with Crippen LogP contribution < -0.4 is 9.47 Å². The van der Waals surface area contributed by atoms with Gasteiger partial charge in [0.25, 0.3) is 0 Å². The molecule has 4 heteroatoms. The van der Waals surface area contributed by atoms with Gasteiger partial charge in [-0.15, -0.1) is 11.8 Å². The second-order valence-electron chi connectivity index (χ2n) is 8.26. The van der Waals surface area contributed by atoms with Crippen molar-refractivity contribution < 1.29 is 9.47 Å².